The van der Waals surface area contributed by atoms with Gasteiger partial charge < -0.3 is 9.64 Å². The molecule has 20 heavy (non-hydrogen) atoms. The Morgan fingerprint density at radius 1 is 1.10 bits per heavy atom. The second-order valence-electron chi connectivity index (χ2n) is 6.13. The normalized spacial score (nSPS) is 29.5. The molecule has 3 nitrogen and oxygen atoms in total. The van der Waals surface area contributed by atoms with Gasteiger partial charge in [0.15, 0.2) is 0 Å². The van der Waals surface area contributed by atoms with Gasteiger partial charge in [-0.15, -0.1) is 0 Å². The molecular formula is C17H24NO2+. The van der Waals surface area contributed by atoms with Crippen molar-refractivity contribution in [2.75, 3.05) is 19.7 Å². The summed E-state index contributed by atoms with van der Waals surface area (Å²) in [6.45, 7) is 3.23. The van der Waals surface area contributed by atoms with E-state index in [9.17, 15) is 4.79 Å². The van der Waals surface area contributed by atoms with E-state index in [-0.39, 0.29) is 5.97 Å². The Morgan fingerprint density at radius 3 is 2.75 bits per heavy atom. The molecule has 2 fully saturated rings. The number of hydrogen-bond donors (Lipinski definition) is 1. The second kappa shape index (κ2) is 6.40. The van der Waals surface area contributed by atoms with E-state index in [0.717, 1.165) is 6.04 Å². The van der Waals surface area contributed by atoms with Crippen molar-refractivity contribution < 1.29 is 14.4 Å². The molecule has 0 saturated carbocycles. The van der Waals surface area contributed by atoms with Crippen molar-refractivity contribution in [2.45, 2.75) is 38.1 Å². The fourth-order valence-corrected chi connectivity index (χ4v) is 3.82. The number of ether oxygens (including phenoxy) is 1. The lowest BCUT2D eigenvalue weighted by atomic mass is 9.84. The summed E-state index contributed by atoms with van der Waals surface area (Å²) in [5, 5.41) is 0. The van der Waals surface area contributed by atoms with E-state index < -0.39 is 0 Å². The van der Waals surface area contributed by atoms with Gasteiger partial charge >= 0.3 is 5.97 Å². The number of nitrogens with one attached hydrogen (secondary N) is 1. The van der Waals surface area contributed by atoms with Crippen molar-refractivity contribution in [1.82, 2.24) is 0 Å². The van der Waals surface area contributed by atoms with E-state index in [2.05, 4.69) is 0 Å². The van der Waals surface area contributed by atoms with Crippen LogP contribution in [0.2, 0.25) is 0 Å². The monoisotopic (exact) mass is 274 g/mol. The molecular weight excluding hydrogens is 250 g/mol. The summed E-state index contributed by atoms with van der Waals surface area (Å²) in [5.74, 6) is 0.389. The zero-order valence-electron chi connectivity index (χ0n) is 12.0. The lowest BCUT2D eigenvalue weighted by Gasteiger charge is -2.40. The Balaban J connectivity index is 1.56. The van der Waals surface area contributed by atoms with Gasteiger partial charge in [0.05, 0.1) is 24.7 Å². The molecule has 0 aromatic heterocycles. The van der Waals surface area contributed by atoms with Crippen LogP contribution in [0.5, 0.6) is 0 Å². The van der Waals surface area contributed by atoms with Gasteiger partial charge in [0, 0.05) is 5.92 Å². The number of esters is 1. The van der Waals surface area contributed by atoms with Gasteiger partial charge in [-0.05, 0) is 44.2 Å². The number of quaternary nitrogens is 1. The van der Waals surface area contributed by atoms with Crippen molar-refractivity contribution in [2.24, 2.45) is 5.92 Å². The molecule has 0 bridgehead atoms. The first-order valence-electron chi connectivity index (χ1n) is 7.91. The standard InChI is InChI=1S/C17H23NO2/c19-17(14-7-2-1-3-8-14)20-13-15-9-6-12-18-11-5-4-10-16(15)18/h1-3,7-8,15-16H,4-6,9-13H2/p+1/t15-,16+/m1/s1. The minimum Gasteiger partial charge on any atom is -0.462 e. The Hall–Kier alpha value is -1.35. The zero-order chi connectivity index (χ0) is 13.8. The third-order valence-electron chi connectivity index (χ3n) is 4.87. The molecule has 0 amide bonds. The fourth-order valence-electron chi connectivity index (χ4n) is 3.82. The van der Waals surface area contributed by atoms with E-state index in [1.54, 1.807) is 4.90 Å². The molecule has 0 spiro atoms. The SMILES string of the molecule is O=C(OC[C@H]1CCC[NH+]2CCCC[C@@H]12)c1ccccc1. The molecule has 2 saturated heterocycles. The molecule has 2 heterocycles. The Morgan fingerprint density at radius 2 is 1.90 bits per heavy atom. The average molecular weight is 274 g/mol. The highest BCUT2D eigenvalue weighted by Crippen LogP contribution is 2.21. The quantitative estimate of drug-likeness (QED) is 0.850. The number of piperidine rings is 2. The van der Waals surface area contributed by atoms with Gasteiger partial charge in [-0.25, -0.2) is 4.79 Å². The van der Waals surface area contributed by atoms with Gasteiger partial charge in [-0.3, -0.25) is 0 Å². The van der Waals surface area contributed by atoms with Crippen LogP contribution < -0.4 is 4.90 Å². The first-order valence-corrected chi connectivity index (χ1v) is 7.91. The summed E-state index contributed by atoms with van der Waals surface area (Å²) < 4.78 is 5.56. The van der Waals surface area contributed by atoms with E-state index in [1.165, 1.54) is 45.2 Å². The zero-order valence-corrected chi connectivity index (χ0v) is 12.0. The highest BCUT2D eigenvalue weighted by Gasteiger charge is 2.37. The number of benzene rings is 1. The molecule has 2 aliphatic rings. The lowest BCUT2D eigenvalue weighted by molar-refractivity contribution is -0.940. The van der Waals surface area contributed by atoms with Crippen LogP contribution in [0.1, 0.15) is 42.5 Å². The van der Waals surface area contributed by atoms with Crippen molar-refractivity contribution in [1.29, 1.82) is 0 Å². The van der Waals surface area contributed by atoms with Crippen molar-refractivity contribution in [3.05, 3.63) is 35.9 Å². The molecule has 2 aliphatic heterocycles. The van der Waals surface area contributed by atoms with Crippen LogP contribution >= 0.6 is 0 Å². The van der Waals surface area contributed by atoms with Gasteiger partial charge in [-0.2, -0.15) is 0 Å². The molecule has 1 aromatic carbocycles. The topological polar surface area (TPSA) is 30.7 Å². The average Bonchev–Trinajstić information content (AvgIpc) is 2.53. The highest BCUT2D eigenvalue weighted by atomic mass is 16.5. The van der Waals surface area contributed by atoms with Gasteiger partial charge in [0.1, 0.15) is 6.61 Å². The van der Waals surface area contributed by atoms with Crippen LogP contribution in [0.25, 0.3) is 0 Å². The summed E-state index contributed by atoms with van der Waals surface area (Å²) in [4.78, 5) is 13.8. The number of hydrogen-bond acceptors (Lipinski definition) is 2. The minimum absolute atomic E-state index is 0.173. The summed E-state index contributed by atoms with van der Waals surface area (Å²) in [6.07, 6.45) is 6.51. The summed E-state index contributed by atoms with van der Waals surface area (Å²) in [5.41, 5.74) is 0.663. The third kappa shape index (κ3) is 3.04. The van der Waals surface area contributed by atoms with E-state index in [0.29, 0.717) is 18.1 Å². The molecule has 0 radical (unpaired) electrons. The maximum atomic E-state index is 12.0. The number of carbonyl (C=O) groups excluding carboxylic acids is 1. The largest absolute Gasteiger partial charge is 0.462 e. The highest BCUT2D eigenvalue weighted by molar-refractivity contribution is 5.89. The van der Waals surface area contributed by atoms with Gasteiger partial charge in [0.2, 0.25) is 0 Å². The smallest absolute Gasteiger partial charge is 0.338 e. The molecule has 3 rings (SSSR count). The van der Waals surface area contributed by atoms with E-state index in [1.807, 2.05) is 30.3 Å². The molecule has 0 aliphatic carbocycles. The van der Waals surface area contributed by atoms with Crippen molar-refractivity contribution in [3.63, 3.8) is 0 Å². The molecule has 108 valence electrons. The molecule has 1 unspecified atom stereocenters. The van der Waals surface area contributed by atoms with Crippen molar-refractivity contribution >= 4 is 5.97 Å². The summed E-state index contributed by atoms with van der Waals surface area (Å²) >= 11 is 0. The minimum atomic E-state index is -0.173. The molecule has 3 heteroatoms. The predicted molar refractivity (Wildman–Crippen MR) is 77.8 cm³/mol. The maximum absolute atomic E-state index is 12.0. The fraction of sp³-hybridized carbons (Fsp3) is 0.588. The first-order chi connectivity index (χ1) is 9.84. The summed E-state index contributed by atoms with van der Waals surface area (Å²) in [6, 6.07) is 10.0. The summed E-state index contributed by atoms with van der Waals surface area (Å²) in [7, 11) is 0. The molecule has 1 N–H and O–H groups in total. The second-order valence-corrected chi connectivity index (χ2v) is 6.13. The van der Waals surface area contributed by atoms with Crippen LogP contribution in [0.3, 0.4) is 0 Å². The van der Waals surface area contributed by atoms with Crippen LogP contribution in [0.15, 0.2) is 30.3 Å². The van der Waals surface area contributed by atoms with E-state index in [4.69, 9.17) is 4.74 Å². The van der Waals surface area contributed by atoms with Crippen LogP contribution in [-0.2, 0) is 4.74 Å². The van der Waals surface area contributed by atoms with E-state index >= 15 is 0 Å². The number of rotatable bonds is 3. The van der Waals surface area contributed by atoms with Gasteiger partial charge in [0.25, 0.3) is 0 Å². The third-order valence-corrected chi connectivity index (χ3v) is 4.87. The number of carbonyl (C=O) groups is 1. The molecule has 1 aromatic rings. The maximum Gasteiger partial charge on any atom is 0.338 e. The van der Waals surface area contributed by atoms with Crippen LogP contribution in [-0.4, -0.2) is 31.7 Å². The van der Waals surface area contributed by atoms with Crippen molar-refractivity contribution in [3.8, 4) is 0 Å². The lowest BCUT2D eigenvalue weighted by Crippen LogP contribution is -3.18. The Kier molecular flexibility index (Phi) is 4.36. The van der Waals surface area contributed by atoms with Crippen LogP contribution in [0.4, 0.5) is 0 Å². The molecule has 3 atom stereocenters. The first kappa shape index (κ1) is 13.6. The predicted octanol–water partition coefficient (Wildman–Crippen LogP) is 1.69. The van der Waals surface area contributed by atoms with Gasteiger partial charge in [-0.1, -0.05) is 18.2 Å². The number of fused-ring (bicyclic) bond motifs is 1. The Labute approximate surface area is 120 Å². The van der Waals surface area contributed by atoms with Crippen LogP contribution in [0, 0.1) is 5.92 Å². The Bertz CT molecular complexity index is 444.